The predicted octanol–water partition coefficient (Wildman–Crippen LogP) is 4.03. The Labute approximate surface area is 137 Å². The third-order valence-corrected chi connectivity index (χ3v) is 3.62. The van der Waals surface area contributed by atoms with Gasteiger partial charge in [0.1, 0.15) is 11.6 Å². The number of nitrogens with zero attached hydrogens (tertiary/aromatic N) is 2. The van der Waals surface area contributed by atoms with Gasteiger partial charge in [-0.25, -0.2) is 8.78 Å². The first-order valence-corrected chi connectivity index (χ1v) is 7.18. The molecule has 0 fully saturated rings. The number of carbonyl (C=O) groups excluding carboxylic acids is 1. The summed E-state index contributed by atoms with van der Waals surface area (Å²) in [6, 6.07) is 9.55. The molecule has 0 spiro atoms. The minimum absolute atomic E-state index is 0.0553. The second kappa shape index (κ2) is 6.25. The summed E-state index contributed by atoms with van der Waals surface area (Å²) in [5.74, 6) is -2.18. The largest absolute Gasteiger partial charge is 0.403 e. The van der Waals surface area contributed by atoms with E-state index in [2.05, 4.69) is 31.4 Å². The van der Waals surface area contributed by atoms with Crippen LogP contribution in [0.3, 0.4) is 0 Å². The highest BCUT2D eigenvalue weighted by molar-refractivity contribution is 9.10. The lowest BCUT2D eigenvalue weighted by atomic mass is 10.2. The van der Waals surface area contributed by atoms with E-state index < -0.39 is 17.5 Å². The molecule has 1 aromatic heterocycles. The monoisotopic (exact) mass is 379 g/mol. The topological polar surface area (TPSA) is 68.0 Å². The number of benzene rings is 2. The number of amides is 1. The Bertz CT molecular complexity index is 883. The van der Waals surface area contributed by atoms with E-state index in [0.29, 0.717) is 16.1 Å². The Morgan fingerprint density at radius 3 is 2.65 bits per heavy atom. The number of aromatic nitrogens is 2. The van der Waals surface area contributed by atoms with Gasteiger partial charge in [0, 0.05) is 10.5 Å². The van der Waals surface area contributed by atoms with Crippen LogP contribution in [0.25, 0.3) is 11.5 Å². The zero-order chi connectivity index (χ0) is 16.4. The lowest BCUT2D eigenvalue weighted by Crippen LogP contribution is -2.12. The van der Waals surface area contributed by atoms with Crippen molar-refractivity contribution in [1.29, 1.82) is 0 Å². The highest BCUT2D eigenvalue weighted by atomic mass is 79.9. The SMILES string of the molecule is O=C(Nc1nnc(-c2ccc(F)cc2F)o1)c1ccccc1Br. The molecule has 0 aliphatic rings. The molecule has 3 rings (SSSR count). The summed E-state index contributed by atoms with van der Waals surface area (Å²) in [6.07, 6.45) is 0. The van der Waals surface area contributed by atoms with E-state index in [9.17, 15) is 13.6 Å². The fraction of sp³-hybridized carbons (Fsp3) is 0. The summed E-state index contributed by atoms with van der Waals surface area (Å²) in [5.41, 5.74) is 0.320. The lowest BCUT2D eigenvalue weighted by molar-refractivity contribution is 0.102. The molecule has 0 aliphatic heterocycles. The van der Waals surface area contributed by atoms with Gasteiger partial charge in [0.2, 0.25) is 0 Å². The van der Waals surface area contributed by atoms with E-state index in [-0.39, 0.29) is 17.5 Å². The molecule has 0 unspecified atom stereocenters. The molecule has 0 saturated heterocycles. The average Bonchev–Trinajstić information content (AvgIpc) is 2.95. The molecule has 2 aromatic carbocycles. The van der Waals surface area contributed by atoms with Crippen molar-refractivity contribution in [3.63, 3.8) is 0 Å². The van der Waals surface area contributed by atoms with Crippen molar-refractivity contribution in [2.45, 2.75) is 0 Å². The maximum Gasteiger partial charge on any atom is 0.322 e. The zero-order valence-corrected chi connectivity index (χ0v) is 13.0. The van der Waals surface area contributed by atoms with Gasteiger partial charge in [0.05, 0.1) is 11.1 Å². The molecule has 0 bridgehead atoms. The fourth-order valence-corrected chi connectivity index (χ4v) is 2.32. The van der Waals surface area contributed by atoms with Crippen molar-refractivity contribution in [2.24, 2.45) is 0 Å². The Balaban J connectivity index is 1.82. The van der Waals surface area contributed by atoms with Crippen LogP contribution in [0.1, 0.15) is 10.4 Å². The van der Waals surface area contributed by atoms with Crippen molar-refractivity contribution >= 4 is 27.9 Å². The molecule has 23 heavy (non-hydrogen) atoms. The van der Waals surface area contributed by atoms with Gasteiger partial charge >= 0.3 is 6.01 Å². The van der Waals surface area contributed by atoms with Crippen LogP contribution in [-0.4, -0.2) is 16.1 Å². The molecule has 0 atom stereocenters. The molecule has 1 amide bonds. The fourth-order valence-electron chi connectivity index (χ4n) is 1.86. The molecular weight excluding hydrogens is 372 g/mol. The molecular formula is C15H8BrF2N3O2. The molecule has 1 heterocycles. The molecule has 1 N–H and O–H groups in total. The predicted molar refractivity (Wildman–Crippen MR) is 81.7 cm³/mol. The van der Waals surface area contributed by atoms with Gasteiger partial charge in [0.25, 0.3) is 11.8 Å². The standard InChI is InChI=1S/C15H8BrF2N3O2/c16-11-4-2-1-3-9(11)13(22)19-15-21-20-14(23-15)10-6-5-8(17)7-12(10)18/h1-7H,(H,19,21,22). The highest BCUT2D eigenvalue weighted by Gasteiger charge is 2.16. The number of hydrogen-bond acceptors (Lipinski definition) is 4. The van der Waals surface area contributed by atoms with Crippen molar-refractivity contribution < 1.29 is 18.0 Å². The quantitative estimate of drug-likeness (QED) is 0.745. The van der Waals surface area contributed by atoms with Crippen LogP contribution >= 0.6 is 15.9 Å². The smallest absolute Gasteiger partial charge is 0.322 e. The van der Waals surface area contributed by atoms with E-state index in [1.165, 1.54) is 6.07 Å². The Hall–Kier alpha value is -2.61. The number of halogens is 3. The first-order chi connectivity index (χ1) is 11.0. The maximum absolute atomic E-state index is 13.7. The first kappa shape index (κ1) is 15.3. The molecule has 0 saturated carbocycles. The van der Waals surface area contributed by atoms with Crippen LogP contribution < -0.4 is 5.32 Å². The van der Waals surface area contributed by atoms with Gasteiger partial charge in [-0.05, 0) is 40.2 Å². The summed E-state index contributed by atoms with van der Waals surface area (Å²) in [7, 11) is 0. The van der Waals surface area contributed by atoms with Crippen LogP contribution in [0.2, 0.25) is 0 Å². The Kier molecular flexibility index (Phi) is 4.16. The number of hydrogen-bond donors (Lipinski definition) is 1. The van der Waals surface area contributed by atoms with Crippen LogP contribution in [0, 0.1) is 11.6 Å². The van der Waals surface area contributed by atoms with E-state index in [1.54, 1.807) is 24.3 Å². The molecule has 3 aromatic rings. The summed E-state index contributed by atoms with van der Waals surface area (Å²) in [5, 5.41) is 9.68. The van der Waals surface area contributed by atoms with E-state index >= 15 is 0 Å². The van der Waals surface area contributed by atoms with Crippen LogP contribution in [0.15, 0.2) is 51.4 Å². The number of anilines is 1. The first-order valence-electron chi connectivity index (χ1n) is 6.39. The zero-order valence-electron chi connectivity index (χ0n) is 11.4. The van der Waals surface area contributed by atoms with E-state index in [4.69, 9.17) is 4.42 Å². The average molecular weight is 380 g/mol. The van der Waals surface area contributed by atoms with Crippen LogP contribution in [0.4, 0.5) is 14.8 Å². The highest BCUT2D eigenvalue weighted by Crippen LogP contribution is 2.24. The van der Waals surface area contributed by atoms with Gasteiger partial charge in [0.15, 0.2) is 0 Å². The summed E-state index contributed by atoms with van der Waals surface area (Å²) in [4.78, 5) is 12.1. The van der Waals surface area contributed by atoms with Gasteiger partial charge in [-0.15, -0.1) is 5.10 Å². The number of carbonyl (C=O) groups is 1. The summed E-state index contributed by atoms with van der Waals surface area (Å²) >= 11 is 3.26. The van der Waals surface area contributed by atoms with E-state index in [1.807, 2.05) is 0 Å². The minimum Gasteiger partial charge on any atom is -0.403 e. The Morgan fingerprint density at radius 1 is 1.13 bits per heavy atom. The van der Waals surface area contributed by atoms with Crippen molar-refractivity contribution in [1.82, 2.24) is 10.2 Å². The van der Waals surface area contributed by atoms with Gasteiger partial charge in [-0.3, -0.25) is 10.1 Å². The minimum atomic E-state index is -0.836. The van der Waals surface area contributed by atoms with Gasteiger partial charge in [-0.1, -0.05) is 17.2 Å². The molecule has 116 valence electrons. The second-order valence-corrected chi connectivity index (χ2v) is 5.32. The third-order valence-electron chi connectivity index (χ3n) is 2.93. The molecule has 5 nitrogen and oxygen atoms in total. The molecule has 8 heteroatoms. The van der Waals surface area contributed by atoms with Crippen molar-refractivity contribution in [3.05, 3.63) is 64.1 Å². The lowest BCUT2D eigenvalue weighted by Gasteiger charge is -2.02. The summed E-state index contributed by atoms with van der Waals surface area (Å²) < 4.78 is 32.4. The normalized spacial score (nSPS) is 10.6. The second-order valence-electron chi connectivity index (χ2n) is 4.47. The van der Waals surface area contributed by atoms with Crippen molar-refractivity contribution in [2.75, 3.05) is 5.32 Å². The number of nitrogens with one attached hydrogen (secondary N) is 1. The molecule has 0 radical (unpaired) electrons. The number of rotatable bonds is 3. The maximum atomic E-state index is 13.7. The Morgan fingerprint density at radius 2 is 1.91 bits per heavy atom. The van der Waals surface area contributed by atoms with E-state index in [0.717, 1.165) is 6.07 Å². The third kappa shape index (κ3) is 3.26. The van der Waals surface area contributed by atoms with Crippen molar-refractivity contribution in [3.8, 4) is 11.5 Å². The van der Waals surface area contributed by atoms with Gasteiger partial charge in [-0.2, -0.15) is 0 Å². The summed E-state index contributed by atoms with van der Waals surface area (Å²) in [6.45, 7) is 0. The van der Waals surface area contributed by atoms with Gasteiger partial charge < -0.3 is 4.42 Å². The van der Waals surface area contributed by atoms with Crippen LogP contribution in [0.5, 0.6) is 0 Å². The van der Waals surface area contributed by atoms with Crippen LogP contribution in [-0.2, 0) is 0 Å². The molecule has 0 aliphatic carbocycles.